The van der Waals surface area contributed by atoms with Crippen LogP contribution in [-0.2, 0) is 13.0 Å². The number of aryl methyl sites for hydroxylation is 2. The fraction of sp³-hybridized carbons (Fsp3) is 0.571. The van der Waals surface area contributed by atoms with Crippen LogP contribution >= 0.6 is 0 Å². The maximum Gasteiger partial charge on any atom is 0.133 e. The first-order valence-electron chi connectivity index (χ1n) is 7.13. The summed E-state index contributed by atoms with van der Waals surface area (Å²) < 4.78 is 4.36. The molecule has 0 bridgehead atoms. The van der Waals surface area contributed by atoms with Crippen LogP contribution in [0.5, 0.6) is 0 Å². The van der Waals surface area contributed by atoms with Crippen LogP contribution < -0.4 is 5.73 Å². The Bertz CT molecular complexity index is 577. The minimum absolute atomic E-state index is 0.568. The van der Waals surface area contributed by atoms with Gasteiger partial charge in [-0.25, -0.2) is 9.97 Å². The van der Waals surface area contributed by atoms with Crippen LogP contribution in [0.1, 0.15) is 45.0 Å². The van der Waals surface area contributed by atoms with Crippen molar-refractivity contribution in [1.82, 2.24) is 19.1 Å². The van der Waals surface area contributed by atoms with Crippen molar-refractivity contribution in [3.63, 3.8) is 0 Å². The van der Waals surface area contributed by atoms with E-state index in [1.807, 2.05) is 12.5 Å². The third kappa shape index (κ3) is 2.03. The van der Waals surface area contributed by atoms with Crippen molar-refractivity contribution in [1.29, 1.82) is 0 Å². The highest BCUT2D eigenvalue weighted by molar-refractivity contribution is 5.68. The van der Waals surface area contributed by atoms with Crippen molar-refractivity contribution < 1.29 is 0 Å². The number of anilines is 1. The van der Waals surface area contributed by atoms with E-state index in [2.05, 4.69) is 28.0 Å². The molecule has 1 saturated carbocycles. The summed E-state index contributed by atoms with van der Waals surface area (Å²) in [5.41, 5.74) is 8.27. The molecule has 1 aliphatic carbocycles. The summed E-state index contributed by atoms with van der Waals surface area (Å²) in [6.45, 7) is 5.24. The summed E-state index contributed by atoms with van der Waals surface area (Å²) in [5, 5.41) is 0. The second-order valence-electron chi connectivity index (χ2n) is 5.19. The molecular weight excluding hydrogens is 238 g/mol. The molecule has 0 atom stereocenters. The highest BCUT2D eigenvalue weighted by atomic mass is 15.2. The van der Waals surface area contributed by atoms with Gasteiger partial charge >= 0.3 is 0 Å². The Morgan fingerprint density at radius 2 is 2.16 bits per heavy atom. The van der Waals surface area contributed by atoms with Crippen LogP contribution in [0.3, 0.4) is 0 Å². The van der Waals surface area contributed by atoms with Crippen LogP contribution in [0.2, 0.25) is 0 Å². The maximum atomic E-state index is 6.34. The largest absolute Gasteiger partial charge is 0.383 e. The van der Waals surface area contributed by atoms with Crippen LogP contribution in [0.15, 0.2) is 12.5 Å². The predicted molar refractivity (Wildman–Crippen MR) is 75.8 cm³/mol. The minimum Gasteiger partial charge on any atom is -0.383 e. The van der Waals surface area contributed by atoms with Gasteiger partial charge in [0.15, 0.2) is 0 Å². The van der Waals surface area contributed by atoms with E-state index in [9.17, 15) is 0 Å². The minimum atomic E-state index is 0.568. The molecule has 0 saturated heterocycles. The molecule has 0 spiro atoms. The molecule has 2 aromatic heterocycles. The van der Waals surface area contributed by atoms with Crippen LogP contribution in [-0.4, -0.2) is 19.1 Å². The third-order valence-electron chi connectivity index (χ3n) is 3.67. The van der Waals surface area contributed by atoms with Gasteiger partial charge in [-0.15, -0.1) is 0 Å². The molecule has 0 aliphatic heterocycles. The first-order valence-corrected chi connectivity index (χ1v) is 7.13. The van der Waals surface area contributed by atoms with Crippen molar-refractivity contribution in [3.05, 3.63) is 18.3 Å². The van der Waals surface area contributed by atoms with Gasteiger partial charge in [0.1, 0.15) is 17.3 Å². The number of nitrogen functional groups attached to an aromatic ring is 1. The molecule has 0 aromatic carbocycles. The number of nitrogens with two attached hydrogens (primary N) is 1. The molecule has 102 valence electrons. The zero-order valence-electron chi connectivity index (χ0n) is 11.6. The Morgan fingerprint density at radius 3 is 2.79 bits per heavy atom. The van der Waals surface area contributed by atoms with Gasteiger partial charge in [-0.05, 0) is 19.3 Å². The summed E-state index contributed by atoms with van der Waals surface area (Å²) >= 11 is 0. The molecule has 0 unspecified atom stereocenters. The van der Waals surface area contributed by atoms with E-state index in [1.165, 1.54) is 12.8 Å². The SMILES string of the molecule is CCCn1cncc1-c1nc(CC)n(C2CC2)c1N. The van der Waals surface area contributed by atoms with E-state index in [0.29, 0.717) is 6.04 Å². The van der Waals surface area contributed by atoms with Crippen LogP contribution in [0, 0.1) is 0 Å². The van der Waals surface area contributed by atoms with E-state index in [4.69, 9.17) is 10.7 Å². The Labute approximate surface area is 113 Å². The molecule has 1 aliphatic rings. The zero-order chi connectivity index (χ0) is 13.4. The van der Waals surface area contributed by atoms with Crippen LogP contribution in [0.25, 0.3) is 11.4 Å². The Morgan fingerprint density at radius 1 is 1.37 bits per heavy atom. The van der Waals surface area contributed by atoms with E-state index >= 15 is 0 Å². The summed E-state index contributed by atoms with van der Waals surface area (Å²) in [6.07, 6.45) is 8.17. The first-order chi connectivity index (χ1) is 9.26. The Hall–Kier alpha value is -1.78. The lowest BCUT2D eigenvalue weighted by Gasteiger charge is -2.07. The molecule has 2 aromatic rings. The number of imidazole rings is 2. The molecule has 0 amide bonds. The predicted octanol–water partition coefficient (Wildman–Crippen LogP) is 2.64. The van der Waals surface area contributed by atoms with Crippen molar-refractivity contribution >= 4 is 5.82 Å². The Kier molecular flexibility index (Phi) is 3.05. The van der Waals surface area contributed by atoms with Crippen LogP contribution in [0.4, 0.5) is 5.82 Å². The second-order valence-corrected chi connectivity index (χ2v) is 5.19. The summed E-state index contributed by atoms with van der Waals surface area (Å²) in [6, 6.07) is 0.568. The smallest absolute Gasteiger partial charge is 0.133 e. The summed E-state index contributed by atoms with van der Waals surface area (Å²) in [7, 11) is 0. The summed E-state index contributed by atoms with van der Waals surface area (Å²) in [5.74, 6) is 1.90. The summed E-state index contributed by atoms with van der Waals surface area (Å²) in [4.78, 5) is 8.99. The number of rotatable bonds is 5. The fourth-order valence-corrected chi connectivity index (χ4v) is 2.61. The highest BCUT2D eigenvalue weighted by Crippen LogP contribution is 2.40. The first kappa shape index (κ1) is 12.3. The lowest BCUT2D eigenvalue weighted by atomic mass is 10.3. The fourth-order valence-electron chi connectivity index (χ4n) is 2.61. The normalized spacial score (nSPS) is 15.1. The van der Waals surface area contributed by atoms with E-state index in [1.54, 1.807) is 0 Å². The zero-order valence-corrected chi connectivity index (χ0v) is 11.6. The topological polar surface area (TPSA) is 61.7 Å². The number of aromatic nitrogens is 4. The molecule has 5 heteroatoms. The molecule has 5 nitrogen and oxygen atoms in total. The molecule has 2 heterocycles. The standard InChI is InChI=1S/C14H21N5/c1-3-7-18-9-16-8-11(18)13-14(15)19(10-5-6-10)12(4-2)17-13/h8-10H,3-7,15H2,1-2H3. The molecule has 19 heavy (non-hydrogen) atoms. The number of hydrogen-bond donors (Lipinski definition) is 1. The molecule has 0 radical (unpaired) electrons. The lowest BCUT2D eigenvalue weighted by molar-refractivity contribution is 0.683. The molecular formula is C14H21N5. The lowest BCUT2D eigenvalue weighted by Crippen LogP contribution is -2.05. The quantitative estimate of drug-likeness (QED) is 0.897. The van der Waals surface area contributed by atoms with E-state index in [0.717, 1.165) is 42.4 Å². The van der Waals surface area contributed by atoms with Crippen molar-refractivity contribution in [3.8, 4) is 11.4 Å². The van der Waals surface area contributed by atoms with Gasteiger partial charge in [0, 0.05) is 19.0 Å². The molecule has 2 N–H and O–H groups in total. The molecule has 3 rings (SSSR count). The van der Waals surface area contributed by atoms with Crippen molar-refractivity contribution in [2.45, 2.75) is 52.1 Å². The van der Waals surface area contributed by atoms with Gasteiger partial charge in [-0.2, -0.15) is 0 Å². The molecule has 1 fully saturated rings. The highest BCUT2D eigenvalue weighted by Gasteiger charge is 2.30. The average Bonchev–Trinajstić information content (AvgIpc) is 3.05. The van der Waals surface area contributed by atoms with Crippen molar-refractivity contribution in [2.75, 3.05) is 5.73 Å². The maximum absolute atomic E-state index is 6.34. The number of hydrogen-bond acceptors (Lipinski definition) is 3. The average molecular weight is 259 g/mol. The van der Waals surface area contributed by atoms with Gasteiger partial charge < -0.3 is 14.9 Å². The van der Waals surface area contributed by atoms with Gasteiger partial charge in [0.2, 0.25) is 0 Å². The van der Waals surface area contributed by atoms with E-state index in [-0.39, 0.29) is 0 Å². The monoisotopic (exact) mass is 259 g/mol. The number of nitrogens with zero attached hydrogens (tertiary/aromatic N) is 4. The van der Waals surface area contributed by atoms with Gasteiger partial charge in [0.25, 0.3) is 0 Å². The van der Waals surface area contributed by atoms with Gasteiger partial charge in [-0.3, -0.25) is 0 Å². The van der Waals surface area contributed by atoms with Gasteiger partial charge in [0.05, 0.1) is 18.2 Å². The second kappa shape index (κ2) is 4.72. The van der Waals surface area contributed by atoms with Crippen molar-refractivity contribution in [2.24, 2.45) is 0 Å². The van der Waals surface area contributed by atoms with Gasteiger partial charge in [-0.1, -0.05) is 13.8 Å². The van der Waals surface area contributed by atoms with E-state index < -0.39 is 0 Å². The Balaban J connectivity index is 2.07. The third-order valence-corrected chi connectivity index (χ3v) is 3.67.